The summed E-state index contributed by atoms with van der Waals surface area (Å²) in [6.07, 6.45) is 2.81. The van der Waals surface area contributed by atoms with Crippen molar-refractivity contribution in [2.75, 3.05) is 13.1 Å². The van der Waals surface area contributed by atoms with E-state index in [9.17, 15) is 9.90 Å². The topological polar surface area (TPSA) is 53.4 Å². The molecule has 1 aromatic heterocycles. The molecule has 0 saturated carbocycles. The zero-order valence-electron chi connectivity index (χ0n) is 13.0. The van der Waals surface area contributed by atoms with Crippen LogP contribution in [0.15, 0.2) is 36.5 Å². The summed E-state index contributed by atoms with van der Waals surface area (Å²) in [6, 6.07) is 9.69. The maximum absolute atomic E-state index is 12.5. The van der Waals surface area contributed by atoms with Crippen molar-refractivity contribution in [1.82, 2.24) is 9.88 Å². The van der Waals surface area contributed by atoms with E-state index >= 15 is 0 Å². The van der Waals surface area contributed by atoms with E-state index in [1.165, 1.54) is 11.3 Å². The van der Waals surface area contributed by atoms with Gasteiger partial charge in [0, 0.05) is 18.7 Å². The predicted molar refractivity (Wildman–Crippen MR) is 90.3 cm³/mol. The molecule has 0 bridgehead atoms. The quantitative estimate of drug-likeness (QED) is 0.819. The van der Waals surface area contributed by atoms with Crippen LogP contribution in [0.3, 0.4) is 0 Å². The molecule has 0 spiro atoms. The second-order valence-electron chi connectivity index (χ2n) is 5.93. The number of benzene rings is 1. The molecule has 5 heteroatoms. The fraction of sp³-hybridized carbons (Fsp3) is 0.333. The number of rotatable bonds is 1. The summed E-state index contributed by atoms with van der Waals surface area (Å²) >= 11 is 1.32. The Labute approximate surface area is 139 Å². The maximum atomic E-state index is 12.5. The van der Waals surface area contributed by atoms with Crippen LogP contribution >= 0.6 is 11.3 Å². The molecule has 2 aromatic rings. The molecule has 0 atom stereocenters. The van der Waals surface area contributed by atoms with Gasteiger partial charge in [0.2, 0.25) is 0 Å². The largest absolute Gasteiger partial charge is 0.390 e. The van der Waals surface area contributed by atoms with E-state index in [0.717, 1.165) is 5.56 Å². The van der Waals surface area contributed by atoms with Crippen LogP contribution in [0.4, 0.5) is 0 Å². The molecular weight excluding hydrogens is 308 g/mol. The smallest absolute Gasteiger partial charge is 0.265 e. The zero-order valence-corrected chi connectivity index (χ0v) is 13.8. The van der Waals surface area contributed by atoms with E-state index in [2.05, 4.69) is 16.8 Å². The van der Waals surface area contributed by atoms with Gasteiger partial charge in [-0.25, -0.2) is 4.98 Å². The van der Waals surface area contributed by atoms with E-state index in [4.69, 9.17) is 0 Å². The number of nitrogens with zero attached hydrogens (tertiary/aromatic N) is 2. The lowest BCUT2D eigenvalue weighted by atomic mass is 9.94. The maximum Gasteiger partial charge on any atom is 0.265 e. The number of hydrogen-bond acceptors (Lipinski definition) is 4. The summed E-state index contributed by atoms with van der Waals surface area (Å²) in [4.78, 5) is 19.1. The number of likely N-dealkylation sites (tertiary alicyclic amines) is 1. The van der Waals surface area contributed by atoms with Crippen LogP contribution in [0.5, 0.6) is 0 Å². The van der Waals surface area contributed by atoms with Gasteiger partial charge in [0.15, 0.2) is 5.01 Å². The molecule has 2 heterocycles. The number of amides is 1. The highest BCUT2D eigenvalue weighted by Gasteiger charge is 2.30. The van der Waals surface area contributed by atoms with Crippen molar-refractivity contribution in [3.05, 3.63) is 52.0 Å². The van der Waals surface area contributed by atoms with Gasteiger partial charge >= 0.3 is 0 Å². The van der Waals surface area contributed by atoms with Gasteiger partial charge in [0.25, 0.3) is 5.91 Å². The molecule has 1 aliphatic rings. The van der Waals surface area contributed by atoms with Crippen LogP contribution in [-0.4, -0.2) is 39.6 Å². The Balaban J connectivity index is 1.68. The Morgan fingerprint density at radius 3 is 2.65 bits per heavy atom. The lowest BCUT2D eigenvalue weighted by Gasteiger charge is -2.35. The number of thiazole rings is 1. The number of carbonyl (C=O) groups is 1. The van der Waals surface area contributed by atoms with E-state index in [1.54, 1.807) is 11.1 Å². The fourth-order valence-corrected chi connectivity index (χ4v) is 3.16. The van der Waals surface area contributed by atoms with Crippen molar-refractivity contribution in [2.24, 2.45) is 0 Å². The minimum absolute atomic E-state index is 0.0224. The molecule has 3 rings (SSSR count). The van der Waals surface area contributed by atoms with Crippen molar-refractivity contribution in [3.8, 4) is 11.8 Å². The molecular formula is C18H18N2O2S. The molecule has 118 valence electrons. The third kappa shape index (κ3) is 3.98. The number of piperidine rings is 1. The van der Waals surface area contributed by atoms with Crippen molar-refractivity contribution in [2.45, 2.75) is 25.4 Å². The van der Waals surface area contributed by atoms with Crippen LogP contribution in [0.1, 0.15) is 40.0 Å². The summed E-state index contributed by atoms with van der Waals surface area (Å²) in [5.74, 6) is 6.02. The van der Waals surface area contributed by atoms with Gasteiger partial charge in [0.05, 0.1) is 11.8 Å². The Hall–Kier alpha value is -2.16. The highest BCUT2D eigenvalue weighted by atomic mass is 32.1. The van der Waals surface area contributed by atoms with Crippen LogP contribution in [0.25, 0.3) is 0 Å². The molecule has 1 fully saturated rings. The lowest BCUT2D eigenvalue weighted by Crippen LogP contribution is -2.44. The van der Waals surface area contributed by atoms with Crippen molar-refractivity contribution in [3.63, 3.8) is 0 Å². The molecule has 1 N–H and O–H groups in total. The first kappa shape index (κ1) is 15.7. The predicted octanol–water partition coefficient (Wildman–Crippen LogP) is 2.53. The minimum Gasteiger partial charge on any atom is -0.390 e. The van der Waals surface area contributed by atoms with Gasteiger partial charge in [-0.05, 0) is 37.8 Å². The molecule has 0 radical (unpaired) electrons. The third-order valence-electron chi connectivity index (χ3n) is 3.93. The van der Waals surface area contributed by atoms with Gasteiger partial charge in [-0.15, -0.1) is 11.3 Å². The first-order valence-electron chi connectivity index (χ1n) is 7.58. The number of aromatic nitrogens is 1. The monoisotopic (exact) mass is 326 g/mol. The highest BCUT2D eigenvalue weighted by molar-refractivity contribution is 7.14. The molecule has 0 unspecified atom stereocenters. The normalized spacial score (nSPS) is 16.5. The van der Waals surface area contributed by atoms with E-state index < -0.39 is 5.60 Å². The van der Waals surface area contributed by atoms with Crippen molar-refractivity contribution in [1.29, 1.82) is 0 Å². The van der Waals surface area contributed by atoms with Gasteiger partial charge in [-0.2, -0.15) is 0 Å². The second-order valence-corrected chi connectivity index (χ2v) is 6.97. The molecule has 4 nitrogen and oxygen atoms in total. The van der Waals surface area contributed by atoms with Gasteiger partial charge < -0.3 is 10.0 Å². The Kier molecular flexibility index (Phi) is 4.46. The minimum atomic E-state index is -0.656. The molecule has 1 saturated heterocycles. The van der Waals surface area contributed by atoms with E-state index in [1.807, 2.05) is 37.3 Å². The summed E-state index contributed by atoms with van der Waals surface area (Å²) in [5.41, 5.74) is 0.269. The molecule has 1 aliphatic heterocycles. The number of hydrogen-bond donors (Lipinski definition) is 1. The Morgan fingerprint density at radius 2 is 1.96 bits per heavy atom. The van der Waals surface area contributed by atoms with Crippen LogP contribution in [0.2, 0.25) is 0 Å². The van der Waals surface area contributed by atoms with Gasteiger partial charge in [-0.3, -0.25) is 4.79 Å². The van der Waals surface area contributed by atoms with Crippen LogP contribution < -0.4 is 0 Å². The third-order valence-corrected chi connectivity index (χ3v) is 4.83. The second kappa shape index (κ2) is 6.53. The summed E-state index contributed by atoms with van der Waals surface area (Å²) in [7, 11) is 0. The Bertz CT molecular complexity index is 746. The first-order chi connectivity index (χ1) is 11.0. The standard InChI is InChI=1S/C18H18N2O2S/c1-18(22)9-11-20(12-10-18)17(21)15-13-19-16(23-15)8-7-14-5-3-2-4-6-14/h2-6,13,22H,9-12H2,1H3. The van der Waals surface area contributed by atoms with Crippen LogP contribution in [0, 0.1) is 11.8 Å². The van der Waals surface area contributed by atoms with Gasteiger partial charge in [-0.1, -0.05) is 24.1 Å². The summed E-state index contributed by atoms with van der Waals surface area (Å²) in [6.45, 7) is 2.97. The van der Waals surface area contributed by atoms with E-state index in [0.29, 0.717) is 35.8 Å². The summed E-state index contributed by atoms with van der Waals surface area (Å²) < 4.78 is 0. The fourth-order valence-electron chi connectivity index (χ4n) is 2.43. The van der Waals surface area contributed by atoms with Crippen molar-refractivity contribution >= 4 is 17.2 Å². The molecule has 23 heavy (non-hydrogen) atoms. The SMILES string of the molecule is CC1(O)CCN(C(=O)c2cnc(C#Cc3ccccc3)s2)CC1. The average molecular weight is 326 g/mol. The summed E-state index contributed by atoms with van der Waals surface area (Å²) in [5, 5.41) is 10.6. The molecule has 0 aliphatic carbocycles. The first-order valence-corrected chi connectivity index (χ1v) is 8.40. The van der Waals surface area contributed by atoms with Gasteiger partial charge in [0.1, 0.15) is 4.88 Å². The van der Waals surface area contributed by atoms with Crippen molar-refractivity contribution < 1.29 is 9.90 Å². The average Bonchev–Trinajstić information content (AvgIpc) is 3.02. The highest BCUT2D eigenvalue weighted by Crippen LogP contribution is 2.23. The number of aliphatic hydroxyl groups is 1. The lowest BCUT2D eigenvalue weighted by molar-refractivity contribution is -0.00188. The molecule has 1 amide bonds. The molecule has 1 aromatic carbocycles. The number of carbonyl (C=O) groups excluding carboxylic acids is 1. The Morgan fingerprint density at radius 1 is 1.26 bits per heavy atom. The van der Waals surface area contributed by atoms with E-state index in [-0.39, 0.29) is 5.91 Å². The van der Waals surface area contributed by atoms with Crippen LogP contribution in [-0.2, 0) is 0 Å². The zero-order chi connectivity index (χ0) is 16.3.